The minimum Gasteiger partial charge on any atom is -0.480 e. The summed E-state index contributed by atoms with van der Waals surface area (Å²) in [6, 6.07) is 20.9. The second-order valence-electron chi connectivity index (χ2n) is 9.97. The van der Waals surface area contributed by atoms with E-state index in [4.69, 9.17) is 15.2 Å². The van der Waals surface area contributed by atoms with Crippen LogP contribution in [0.25, 0.3) is 11.1 Å². The number of alkyl carbamates (subject to hydrolysis) is 1. The number of fused-ring (bicyclic) bond motifs is 3. The number of rotatable bonds is 12. The second-order valence-corrected chi connectivity index (χ2v) is 11.7. The highest BCUT2D eigenvalue weighted by molar-refractivity contribution is 7.90. The summed E-state index contributed by atoms with van der Waals surface area (Å²) in [5.74, 6) is -1.68. The summed E-state index contributed by atoms with van der Waals surface area (Å²) >= 11 is 0. The number of aryl methyl sites for hydroxylation is 1. The highest BCUT2D eigenvalue weighted by atomic mass is 32.2. The molecule has 4 rings (SSSR count). The van der Waals surface area contributed by atoms with Crippen LogP contribution in [0.1, 0.15) is 49.3 Å². The van der Waals surface area contributed by atoms with Gasteiger partial charge in [0.2, 0.25) is 5.96 Å². The Hall–Kier alpha value is -4.42. The Kier molecular flexibility index (Phi) is 12.7. The van der Waals surface area contributed by atoms with E-state index in [1.165, 1.54) is 12.1 Å². The summed E-state index contributed by atoms with van der Waals surface area (Å²) < 4.78 is 37.2. The third-order valence-corrected chi connectivity index (χ3v) is 8.22. The molecule has 0 aliphatic heterocycles. The number of benzene rings is 3. The molecule has 0 spiro atoms. The van der Waals surface area contributed by atoms with Crippen molar-refractivity contribution in [2.24, 2.45) is 10.7 Å². The van der Waals surface area contributed by atoms with Crippen LogP contribution in [0.5, 0.6) is 0 Å². The Morgan fingerprint density at radius 3 is 2.05 bits per heavy atom. The van der Waals surface area contributed by atoms with Gasteiger partial charge in [0, 0.05) is 25.7 Å². The van der Waals surface area contributed by atoms with Gasteiger partial charge in [0.25, 0.3) is 10.0 Å². The van der Waals surface area contributed by atoms with Crippen molar-refractivity contribution in [3.63, 3.8) is 0 Å². The zero-order chi connectivity index (χ0) is 32.1. The first-order chi connectivity index (χ1) is 21.1. The van der Waals surface area contributed by atoms with Gasteiger partial charge in [0.1, 0.15) is 12.6 Å². The highest BCUT2D eigenvalue weighted by Crippen LogP contribution is 2.44. The molecule has 1 amide bonds. The third kappa shape index (κ3) is 9.55. The van der Waals surface area contributed by atoms with E-state index in [0.29, 0.717) is 0 Å². The number of nitrogens with one attached hydrogen (secondary N) is 2. The number of hydrogen-bond donors (Lipinski definition) is 4. The van der Waals surface area contributed by atoms with E-state index in [1.807, 2.05) is 69.3 Å². The summed E-state index contributed by atoms with van der Waals surface area (Å²) in [4.78, 5) is 28.2. The van der Waals surface area contributed by atoms with Crippen LogP contribution in [0.4, 0.5) is 4.79 Å². The molecular formula is C32H40N4O7S. The van der Waals surface area contributed by atoms with Gasteiger partial charge in [-0.25, -0.2) is 22.7 Å². The molecule has 3 aromatic carbocycles. The van der Waals surface area contributed by atoms with Crippen molar-refractivity contribution >= 4 is 28.0 Å². The first kappa shape index (κ1) is 34.1. The fourth-order valence-corrected chi connectivity index (χ4v) is 5.64. The lowest BCUT2D eigenvalue weighted by atomic mass is 9.98. The molecule has 0 bridgehead atoms. The Morgan fingerprint density at radius 1 is 0.955 bits per heavy atom. The van der Waals surface area contributed by atoms with Crippen molar-refractivity contribution in [1.82, 2.24) is 10.0 Å². The molecule has 0 radical (unpaired) electrons. The highest BCUT2D eigenvalue weighted by Gasteiger charge is 2.29. The predicted octanol–water partition coefficient (Wildman–Crippen LogP) is 4.40. The van der Waals surface area contributed by atoms with Gasteiger partial charge in [0.15, 0.2) is 0 Å². The Bertz CT molecular complexity index is 1490. The van der Waals surface area contributed by atoms with Crippen molar-refractivity contribution in [2.45, 2.75) is 50.5 Å². The number of aliphatic imine (C=N–C) groups is 1. The molecule has 236 valence electrons. The normalized spacial score (nSPS) is 13.1. The molecule has 1 atom stereocenters. The van der Waals surface area contributed by atoms with Crippen LogP contribution in [0.2, 0.25) is 0 Å². The summed E-state index contributed by atoms with van der Waals surface area (Å²) in [5.41, 5.74) is 10.9. The number of carbonyl (C=O) groups excluding carboxylic acids is 1. The van der Waals surface area contributed by atoms with Crippen molar-refractivity contribution in [2.75, 3.05) is 26.4 Å². The Labute approximate surface area is 258 Å². The number of carboxylic acids is 1. The molecule has 1 aliphatic carbocycles. The van der Waals surface area contributed by atoms with E-state index in [1.54, 1.807) is 12.1 Å². The van der Waals surface area contributed by atoms with E-state index < -0.39 is 28.1 Å². The van der Waals surface area contributed by atoms with Crippen LogP contribution < -0.4 is 15.8 Å². The largest absolute Gasteiger partial charge is 0.480 e. The van der Waals surface area contributed by atoms with Gasteiger partial charge in [0.05, 0.1) is 4.90 Å². The molecule has 11 nitrogen and oxygen atoms in total. The molecule has 1 unspecified atom stereocenters. The molecule has 44 heavy (non-hydrogen) atoms. The number of carbonyl (C=O) groups is 2. The molecular weight excluding hydrogens is 584 g/mol. The van der Waals surface area contributed by atoms with Gasteiger partial charge in [-0.2, -0.15) is 0 Å². The van der Waals surface area contributed by atoms with Crippen molar-refractivity contribution in [1.29, 1.82) is 0 Å². The lowest BCUT2D eigenvalue weighted by Gasteiger charge is -2.17. The number of nitrogens with zero attached hydrogens (tertiary/aromatic N) is 1. The van der Waals surface area contributed by atoms with Crippen molar-refractivity contribution in [3.05, 3.63) is 89.5 Å². The predicted molar refractivity (Wildman–Crippen MR) is 169 cm³/mol. The number of amides is 1. The number of aliphatic carboxylic acids is 1. The molecule has 0 fully saturated rings. The topological polar surface area (TPSA) is 169 Å². The quantitative estimate of drug-likeness (QED) is 0.131. The minimum absolute atomic E-state index is 0.0427. The zero-order valence-corrected chi connectivity index (χ0v) is 26.0. The maximum absolute atomic E-state index is 12.5. The summed E-state index contributed by atoms with van der Waals surface area (Å²) in [5, 5.41) is 11.9. The van der Waals surface area contributed by atoms with Crippen LogP contribution in [0.3, 0.4) is 0 Å². The molecule has 5 N–H and O–H groups in total. The second kappa shape index (κ2) is 16.4. The number of guanidine groups is 1. The van der Waals surface area contributed by atoms with E-state index >= 15 is 0 Å². The summed E-state index contributed by atoms with van der Waals surface area (Å²) in [7, 11) is -3.88. The fraction of sp³-hybridized carbons (Fsp3) is 0.344. The maximum atomic E-state index is 12.5. The lowest BCUT2D eigenvalue weighted by molar-refractivity contribution is -0.139. The molecule has 0 heterocycles. The summed E-state index contributed by atoms with van der Waals surface area (Å²) in [6.07, 6.45) is -0.563. The van der Waals surface area contributed by atoms with E-state index in [9.17, 15) is 23.1 Å². The van der Waals surface area contributed by atoms with Gasteiger partial charge >= 0.3 is 12.1 Å². The zero-order valence-electron chi connectivity index (χ0n) is 25.2. The van der Waals surface area contributed by atoms with Gasteiger partial charge in [-0.1, -0.05) is 66.2 Å². The first-order valence-corrected chi connectivity index (χ1v) is 15.9. The van der Waals surface area contributed by atoms with Gasteiger partial charge < -0.3 is 25.6 Å². The number of ether oxygens (including phenoxy) is 2. The SMILES string of the molecule is CCOCC.Cc1ccc(S(=O)(=O)NC(N)=NCCCC(NC(=O)OCC2c3ccccc3-c3ccccc32)C(=O)O)cc1. The Balaban J connectivity index is 0.000000978. The van der Waals surface area contributed by atoms with Crippen LogP contribution in [-0.2, 0) is 24.3 Å². The average molecular weight is 625 g/mol. The van der Waals surface area contributed by atoms with Crippen LogP contribution in [-0.4, -0.2) is 64.0 Å². The van der Waals surface area contributed by atoms with E-state index in [-0.39, 0.29) is 42.8 Å². The van der Waals surface area contributed by atoms with E-state index in [0.717, 1.165) is 41.0 Å². The minimum atomic E-state index is -3.88. The lowest BCUT2D eigenvalue weighted by Crippen LogP contribution is -2.41. The Morgan fingerprint density at radius 2 is 1.52 bits per heavy atom. The maximum Gasteiger partial charge on any atom is 0.407 e. The smallest absolute Gasteiger partial charge is 0.407 e. The van der Waals surface area contributed by atoms with Gasteiger partial charge in [-0.05, 0) is 68.0 Å². The number of nitrogens with two attached hydrogens (primary N) is 1. The van der Waals surface area contributed by atoms with Crippen LogP contribution in [0.15, 0.2) is 82.7 Å². The van der Waals surface area contributed by atoms with Crippen LogP contribution in [0, 0.1) is 6.92 Å². The molecule has 1 aliphatic rings. The molecule has 0 saturated carbocycles. The third-order valence-electron chi connectivity index (χ3n) is 6.85. The fourth-order valence-electron chi connectivity index (χ4n) is 4.69. The van der Waals surface area contributed by atoms with Crippen molar-refractivity contribution < 1.29 is 32.6 Å². The molecule has 3 aromatic rings. The van der Waals surface area contributed by atoms with Crippen LogP contribution >= 0.6 is 0 Å². The number of sulfonamides is 1. The number of carboxylic acid groups (broad SMARTS) is 1. The van der Waals surface area contributed by atoms with Crippen molar-refractivity contribution in [3.8, 4) is 11.1 Å². The first-order valence-electron chi connectivity index (χ1n) is 14.4. The molecule has 0 aromatic heterocycles. The van der Waals surface area contributed by atoms with Gasteiger partial charge in [-0.15, -0.1) is 0 Å². The van der Waals surface area contributed by atoms with E-state index in [2.05, 4.69) is 15.0 Å². The molecule has 12 heteroatoms. The monoisotopic (exact) mass is 624 g/mol. The van der Waals surface area contributed by atoms with Gasteiger partial charge in [-0.3, -0.25) is 4.99 Å². The standard InChI is InChI=1S/C28H30N4O6S.C4H10O/c1-18-12-14-19(15-13-18)39(36,37)32-27(29)30-16-6-11-25(26(33)34)31-28(35)38-17-24-22-9-4-2-7-20(22)21-8-3-5-10-23(21)24;1-3-5-4-2/h2-5,7-10,12-15,24-25H,6,11,16-17H2,1H3,(H,31,35)(H,33,34)(H3,29,30,32);3-4H2,1-2H3. The molecule has 0 saturated heterocycles. The summed E-state index contributed by atoms with van der Waals surface area (Å²) in [6.45, 7) is 7.62. The average Bonchev–Trinajstić information content (AvgIpc) is 3.32. The number of hydrogen-bond acceptors (Lipinski definition) is 7.